The molecular formula is C14H15ClF2N. The zero-order chi connectivity index (χ0) is 12.8. The molecule has 2 atom stereocenters. The summed E-state index contributed by atoms with van der Waals surface area (Å²) >= 11 is 6.20. The predicted octanol–water partition coefficient (Wildman–Crippen LogP) is 3.98. The van der Waals surface area contributed by atoms with Crippen molar-refractivity contribution in [1.82, 2.24) is 4.90 Å². The first-order chi connectivity index (χ1) is 8.65. The van der Waals surface area contributed by atoms with Crippen LogP contribution in [0.2, 0.25) is 0 Å². The average molecular weight is 271 g/mol. The van der Waals surface area contributed by atoms with Crippen molar-refractivity contribution >= 4 is 11.6 Å². The van der Waals surface area contributed by atoms with Crippen LogP contribution in [0.1, 0.15) is 31.2 Å². The first-order valence-corrected chi connectivity index (χ1v) is 6.74. The quantitative estimate of drug-likeness (QED) is 0.580. The van der Waals surface area contributed by atoms with Gasteiger partial charge in [-0.2, -0.15) is 0 Å². The highest BCUT2D eigenvalue weighted by Gasteiger charge is 2.52. The van der Waals surface area contributed by atoms with Crippen LogP contribution in [-0.2, 0) is 5.54 Å². The Morgan fingerprint density at radius 2 is 2.00 bits per heavy atom. The van der Waals surface area contributed by atoms with Gasteiger partial charge in [0.1, 0.15) is 5.82 Å². The normalized spacial score (nSPS) is 31.3. The van der Waals surface area contributed by atoms with Gasteiger partial charge in [0.25, 0.3) is 0 Å². The maximum Gasteiger partial charge on any atom is 0.158 e. The molecule has 1 radical (unpaired) electrons. The van der Waals surface area contributed by atoms with E-state index < -0.39 is 11.8 Å². The Morgan fingerprint density at radius 1 is 1.28 bits per heavy atom. The van der Waals surface area contributed by atoms with E-state index in [-0.39, 0.29) is 11.3 Å². The van der Waals surface area contributed by atoms with E-state index in [1.54, 1.807) is 29.5 Å². The second kappa shape index (κ2) is 4.46. The van der Waals surface area contributed by atoms with Crippen molar-refractivity contribution in [3.63, 3.8) is 0 Å². The number of rotatable bonds is 2. The fourth-order valence-electron chi connectivity index (χ4n) is 3.13. The van der Waals surface area contributed by atoms with E-state index >= 15 is 0 Å². The highest BCUT2D eigenvalue weighted by Crippen LogP contribution is 2.52. The summed E-state index contributed by atoms with van der Waals surface area (Å²) in [5.41, 5.74) is -0.343. The molecule has 3 rings (SSSR count). The van der Waals surface area contributed by atoms with Gasteiger partial charge in [0.2, 0.25) is 0 Å². The third-order valence-corrected chi connectivity index (χ3v) is 4.53. The summed E-state index contributed by atoms with van der Waals surface area (Å²) in [5.74, 6) is -0.264. The van der Waals surface area contributed by atoms with Crippen LogP contribution in [0.15, 0.2) is 24.3 Å². The number of likely N-dealkylation sites (tertiary alicyclic amines) is 1. The lowest BCUT2D eigenvalue weighted by Gasteiger charge is -2.51. The summed E-state index contributed by atoms with van der Waals surface area (Å²) in [4.78, 5) is 1.64. The Hall–Kier alpha value is -0.670. The van der Waals surface area contributed by atoms with Crippen LogP contribution in [0.3, 0.4) is 0 Å². The van der Waals surface area contributed by atoms with E-state index in [1.165, 1.54) is 6.07 Å². The van der Waals surface area contributed by atoms with Crippen LogP contribution in [-0.4, -0.2) is 16.7 Å². The number of alkyl halides is 2. The zero-order valence-corrected chi connectivity index (χ0v) is 10.7. The van der Waals surface area contributed by atoms with Crippen LogP contribution >= 0.6 is 11.6 Å². The molecule has 1 saturated heterocycles. The fourth-order valence-corrected chi connectivity index (χ4v) is 3.52. The van der Waals surface area contributed by atoms with E-state index in [1.807, 2.05) is 0 Å². The molecule has 0 spiro atoms. The maximum absolute atomic E-state index is 14.0. The van der Waals surface area contributed by atoms with E-state index in [4.69, 9.17) is 11.6 Å². The lowest BCUT2D eigenvalue weighted by molar-refractivity contribution is -0.0457. The van der Waals surface area contributed by atoms with Gasteiger partial charge < -0.3 is 0 Å². The minimum atomic E-state index is -1.17. The fraction of sp³-hybridized carbons (Fsp3) is 0.500. The maximum atomic E-state index is 14.0. The standard InChI is InChI=1S/C14H15ClF2N/c15-12-6-7-13(17)18(12)14(8-3-9-14)10-4-1-2-5-11(10)16/h1-2,4-5,7,12-13H,3,6,8-9H2. The van der Waals surface area contributed by atoms with E-state index in [9.17, 15) is 8.78 Å². The van der Waals surface area contributed by atoms with Crippen molar-refractivity contribution in [2.75, 3.05) is 0 Å². The summed E-state index contributed by atoms with van der Waals surface area (Å²) in [6.45, 7) is 0. The Labute approximate surface area is 111 Å². The first-order valence-electron chi connectivity index (χ1n) is 6.30. The lowest BCUT2D eigenvalue weighted by Crippen LogP contribution is -2.54. The highest BCUT2D eigenvalue weighted by molar-refractivity contribution is 6.20. The molecule has 1 aliphatic heterocycles. The van der Waals surface area contributed by atoms with Crippen LogP contribution in [0.4, 0.5) is 8.78 Å². The average Bonchev–Trinajstić information content (AvgIpc) is 2.62. The van der Waals surface area contributed by atoms with Gasteiger partial charge in [-0.3, -0.25) is 0 Å². The van der Waals surface area contributed by atoms with Crippen LogP contribution < -0.4 is 0 Å². The van der Waals surface area contributed by atoms with Gasteiger partial charge in [0.15, 0.2) is 6.30 Å². The zero-order valence-electron chi connectivity index (χ0n) is 9.95. The van der Waals surface area contributed by atoms with Gasteiger partial charge in [-0.05, 0) is 31.7 Å². The second-order valence-electron chi connectivity index (χ2n) is 5.05. The van der Waals surface area contributed by atoms with Crippen LogP contribution in [0, 0.1) is 12.2 Å². The van der Waals surface area contributed by atoms with Crippen molar-refractivity contribution in [2.24, 2.45) is 0 Å². The van der Waals surface area contributed by atoms with Gasteiger partial charge in [-0.15, -0.1) is 11.6 Å². The van der Waals surface area contributed by atoms with Gasteiger partial charge >= 0.3 is 0 Å². The Bertz CT molecular complexity index is 437. The van der Waals surface area contributed by atoms with Gasteiger partial charge in [-0.25, -0.2) is 13.7 Å². The SMILES string of the molecule is Fc1ccccc1C1(N2C(F)[CH]CC2Cl)CCC1. The number of nitrogens with zero attached hydrogens (tertiary/aromatic N) is 1. The smallest absolute Gasteiger partial charge is 0.158 e. The molecule has 0 bridgehead atoms. The van der Waals surface area contributed by atoms with Crippen molar-refractivity contribution < 1.29 is 8.78 Å². The molecule has 97 valence electrons. The molecule has 1 aromatic rings. The molecule has 0 N–H and O–H groups in total. The van der Waals surface area contributed by atoms with Crippen molar-refractivity contribution in [3.05, 3.63) is 42.1 Å². The molecule has 1 heterocycles. The third kappa shape index (κ3) is 1.68. The monoisotopic (exact) mass is 270 g/mol. The van der Waals surface area contributed by atoms with Crippen LogP contribution in [0.5, 0.6) is 0 Å². The predicted molar refractivity (Wildman–Crippen MR) is 67.2 cm³/mol. The van der Waals surface area contributed by atoms with Gasteiger partial charge in [0, 0.05) is 12.0 Å². The molecule has 1 nitrogen and oxygen atoms in total. The molecule has 0 amide bonds. The summed E-state index contributed by atoms with van der Waals surface area (Å²) in [6, 6.07) is 6.65. The molecule has 2 unspecified atom stereocenters. The first kappa shape index (κ1) is 12.4. The largest absolute Gasteiger partial charge is 0.247 e. The molecule has 1 aliphatic carbocycles. The topological polar surface area (TPSA) is 3.24 Å². The molecule has 2 fully saturated rings. The molecule has 18 heavy (non-hydrogen) atoms. The van der Waals surface area contributed by atoms with Gasteiger partial charge in [-0.1, -0.05) is 18.2 Å². The van der Waals surface area contributed by atoms with Crippen molar-refractivity contribution in [1.29, 1.82) is 0 Å². The number of hydrogen-bond donors (Lipinski definition) is 0. The molecular weight excluding hydrogens is 256 g/mol. The third-order valence-electron chi connectivity index (χ3n) is 4.14. The second-order valence-corrected chi connectivity index (χ2v) is 5.55. The molecule has 4 heteroatoms. The molecule has 1 saturated carbocycles. The number of hydrogen-bond acceptors (Lipinski definition) is 1. The Balaban J connectivity index is 2.03. The Kier molecular flexibility index (Phi) is 3.07. The van der Waals surface area contributed by atoms with E-state index in [0.717, 1.165) is 19.3 Å². The summed E-state index contributed by atoms with van der Waals surface area (Å²) < 4.78 is 28.0. The van der Waals surface area contributed by atoms with E-state index in [0.29, 0.717) is 12.0 Å². The number of halogens is 3. The van der Waals surface area contributed by atoms with Crippen molar-refractivity contribution in [3.8, 4) is 0 Å². The van der Waals surface area contributed by atoms with Crippen LogP contribution in [0.25, 0.3) is 0 Å². The summed E-state index contributed by atoms with van der Waals surface area (Å²) in [7, 11) is 0. The van der Waals surface area contributed by atoms with E-state index in [2.05, 4.69) is 0 Å². The van der Waals surface area contributed by atoms with Gasteiger partial charge in [0.05, 0.1) is 11.0 Å². The number of benzene rings is 1. The Morgan fingerprint density at radius 3 is 2.50 bits per heavy atom. The lowest BCUT2D eigenvalue weighted by atomic mass is 9.70. The molecule has 2 aliphatic rings. The molecule has 0 aromatic heterocycles. The highest BCUT2D eigenvalue weighted by atomic mass is 35.5. The van der Waals surface area contributed by atoms with Crippen molar-refractivity contribution in [2.45, 2.75) is 43.0 Å². The summed E-state index contributed by atoms with van der Waals surface area (Å²) in [6.07, 6.45) is 3.43. The summed E-state index contributed by atoms with van der Waals surface area (Å²) in [5, 5.41) is 0. The minimum absolute atomic E-state index is 0.264. The minimum Gasteiger partial charge on any atom is -0.247 e. The molecule has 1 aromatic carbocycles.